The summed E-state index contributed by atoms with van der Waals surface area (Å²) in [5, 5.41) is 9.50. The standard InChI is InChI=1S/C14H20O/c1-2-3-4-5-6-7-10-13-11-8-9-12-14(13)15/h7-12,15H,2-6H2,1H3. The van der Waals surface area contributed by atoms with Crippen LogP contribution >= 0.6 is 0 Å². The van der Waals surface area contributed by atoms with Crippen LogP contribution in [0.15, 0.2) is 30.3 Å². The summed E-state index contributed by atoms with van der Waals surface area (Å²) in [5.74, 6) is 0.363. The summed E-state index contributed by atoms with van der Waals surface area (Å²) in [6.07, 6.45) is 10.4. The lowest BCUT2D eigenvalue weighted by Crippen LogP contribution is -1.75. The second kappa shape index (κ2) is 7.10. The molecule has 82 valence electrons. The van der Waals surface area contributed by atoms with E-state index in [1.165, 1.54) is 25.7 Å². The molecular formula is C14H20O. The van der Waals surface area contributed by atoms with Crippen LogP contribution in [0.5, 0.6) is 5.75 Å². The lowest BCUT2D eigenvalue weighted by atomic mass is 10.1. The lowest BCUT2D eigenvalue weighted by molar-refractivity contribution is 0.474. The Balaban J connectivity index is 2.29. The van der Waals surface area contributed by atoms with Gasteiger partial charge in [-0.1, -0.05) is 56.5 Å². The van der Waals surface area contributed by atoms with Crippen molar-refractivity contribution in [2.45, 2.75) is 39.0 Å². The zero-order valence-corrected chi connectivity index (χ0v) is 9.45. The quantitative estimate of drug-likeness (QED) is 0.682. The summed E-state index contributed by atoms with van der Waals surface area (Å²) in [6, 6.07) is 7.43. The van der Waals surface area contributed by atoms with Crippen LogP contribution in [0.25, 0.3) is 6.08 Å². The van der Waals surface area contributed by atoms with E-state index in [0.29, 0.717) is 5.75 Å². The molecular weight excluding hydrogens is 184 g/mol. The number of phenolic OH excluding ortho intramolecular Hbond substituents is 1. The summed E-state index contributed by atoms with van der Waals surface area (Å²) in [5.41, 5.74) is 0.910. The van der Waals surface area contributed by atoms with Gasteiger partial charge in [0.1, 0.15) is 5.75 Å². The van der Waals surface area contributed by atoms with Crippen LogP contribution < -0.4 is 0 Å². The van der Waals surface area contributed by atoms with Gasteiger partial charge in [-0.05, 0) is 18.9 Å². The molecule has 1 N–H and O–H groups in total. The van der Waals surface area contributed by atoms with E-state index in [-0.39, 0.29) is 0 Å². The van der Waals surface area contributed by atoms with Gasteiger partial charge in [0.15, 0.2) is 0 Å². The van der Waals surface area contributed by atoms with Gasteiger partial charge in [-0.3, -0.25) is 0 Å². The second-order valence-corrected chi connectivity index (χ2v) is 3.81. The molecule has 0 spiro atoms. The molecule has 1 aromatic rings. The number of rotatable bonds is 6. The van der Waals surface area contributed by atoms with E-state index in [1.54, 1.807) is 6.07 Å². The predicted molar refractivity (Wildman–Crippen MR) is 65.9 cm³/mol. The third-order valence-corrected chi connectivity index (χ3v) is 2.46. The lowest BCUT2D eigenvalue weighted by Gasteiger charge is -1.97. The van der Waals surface area contributed by atoms with Gasteiger partial charge in [0, 0.05) is 5.56 Å². The molecule has 0 aliphatic carbocycles. The molecule has 0 saturated heterocycles. The molecule has 0 aliphatic rings. The van der Waals surface area contributed by atoms with Crippen molar-refractivity contribution in [3.63, 3.8) is 0 Å². The predicted octanol–water partition coefficient (Wildman–Crippen LogP) is 4.38. The minimum Gasteiger partial charge on any atom is -0.507 e. The molecule has 0 heterocycles. The van der Waals surface area contributed by atoms with E-state index in [2.05, 4.69) is 13.0 Å². The Labute approximate surface area is 92.5 Å². The Morgan fingerprint density at radius 3 is 2.67 bits per heavy atom. The highest BCUT2D eigenvalue weighted by molar-refractivity contribution is 5.56. The monoisotopic (exact) mass is 204 g/mol. The fraction of sp³-hybridized carbons (Fsp3) is 0.429. The van der Waals surface area contributed by atoms with Crippen LogP contribution in [-0.4, -0.2) is 5.11 Å². The SMILES string of the molecule is CCCCCCC=Cc1ccccc1O. The van der Waals surface area contributed by atoms with Gasteiger partial charge in [0.05, 0.1) is 0 Å². The minimum absolute atomic E-state index is 0.363. The summed E-state index contributed by atoms with van der Waals surface area (Å²) < 4.78 is 0. The topological polar surface area (TPSA) is 20.2 Å². The van der Waals surface area contributed by atoms with Gasteiger partial charge in [-0.2, -0.15) is 0 Å². The van der Waals surface area contributed by atoms with Crippen molar-refractivity contribution in [3.05, 3.63) is 35.9 Å². The van der Waals surface area contributed by atoms with E-state index in [9.17, 15) is 5.11 Å². The number of phenols is 1. The van der Waals surface area contributed by atoms with Gasteiger partial charge < -0.3 is 5.11 Å². The van der Waals surface area contributed by atoms with E-state index in [1.807, 2.05) is 24.3 Å². The molecule has 0 radical (unpaired) electrons. The number of hydrogen-bond donors (Lipinski definition) is 1. The van der Waals surface area contributed by atoms with E-state index < -0.39 is 0 Å². The minimum atomic E-state index is 0.363. The van der Waals surface area contributed by atoms with Crippen LogP contribution in [0.1, 0.15) is 44.6 Å². The number of allylic oxidation sites excluding steroid dienone is 1. The molecule has 0 aromatic heterocycles. The van der Waals surface area contributed by atoms with Gasteiger partial charge in [-0.15, -0.1) is 0 Å². The molecule has 1 heteroatoms. The zero-order valence-electron chi connectivity index (χ0n) is 9.45. The largest absolute Gasteiger partial charge is 0.507 e. The Kier molecular flexibility index (Phi) is 5.60. The molecule has 15 heavy (non-hydrogen) atoms. The first-order valence-electron chi connectivity index (χ1n) is 5.79. The fourth-order valence-corrected chi connectivity index (χ4v) is 1.53. The third-order valence-electron chi connectivity index (χ3n) is 2.46. The number of benzene rings is 1. The van der Waals surface area contributed by atoms with E-state index in [4.69, 9.17) is 0 Å². The maximum Gasteiger partial charge on any atom is 0.122 e. The fourth-order valence-electron chi connectivity index (χ4n) is 1.53. The molecule has 1 nitrogen and oxygen atoms in total. The van der Waals surface area contributed by atoms with Crippen LogP contribution in [-0.2, 0) is 0 Å². The van der Waals surface area contributed by atoms with Crippen molar-refractivity contribution >= 4 is 6.08 Å². The van der Waals surface area contributed by atoms with E-state index in [0.717, 1.165) is 12.0 Å². The maximum atomic E-state index is 9.50. The van der Waals surface area contributed by atoms with Crippen molar-refractivity contribution in [2.75, 3.05) is 0 Å². The summed E-state index contributed by atoms with van der Waals surface area (Å²) >= 11 is 0. The highest BCUT2D eigenvalue weighted by Gasteiger charge is 1.92. The molecule has 0 fully saturated rings. The third kappa shape index (κ3) is 4.68. The average Bonchev–Trinajstić information content (AvgIpc) is 2.25. The summed E-state index contributed by atoms with van der Waals surface area (Å²) in [4.78, 5) is 0. The Morgan fingerprint density at radius 1 is 1.13 bits per heavy atom. The smallest absolute Gasteiger partial charge is 0.122 e. The second-order valence-electron chi connectivity index (χ2n) is 3.81. The first-order chi connectivity index (χ1) is 7.34. The van der Waals surface area contributed by atoms with Gasteiger partial charge >= 0.3 is 0 Å². The number of aromatic hydroxyl groups is 1. The first-order valence-corrected chi connectivity index (χ1v) is 5.79. The van der Waals surface area contributed by atoms with Crippen LogP contribution in [0, 0.1) is 0 Å². The highest BCUT2D eigenvalue weighted by atomic mass is 16.3. The first kappa shape index (κ1) is 11.8. The Bertz CT molecular complexity index is 302. The molecule has 0 saturated carbocycles. The van der Waals surface area contributed by atoms with Gasteiger partial charge in [0.25, 0.3) is 0 Å². The van der Waals surface area contributed by atoms with Crippen molar-refractivity contribution in [1.82, 2.24) is 0 Å². The number of hydrogen-bond acceptors (Lipinski definition) is 1. The molecule has 0 aliphatic heterocycles. The maximum absolute atomic E-state index is 9.50. The van der Waals surface area contributed by atoms with Gasteiger partial charge in [-0.25, -0.2) is 0 Å². The van der Waals surface area contributed by atoms with Crippen LogP contribution in [0.4, 0.5) is 0 Å². The van der Waals surface area contributed by atoms with Crippen molar-refractivity contribution in [3.8, 4) is 5.75 Å². The molecule has 1 aromatic carbocycles. The van der Waals surface area contributed by atoms with Crippen LogP contribution in [0.2, 0.25) is 0 Å². The molecule has 0 unspecified atom stereocenters. The van der Waals surface area contributed by atoms with Crippen LogP contribution in [0.3, 0.4) is 0 Å². The number of unbranched alkanes of at least 4 members (excludes halogenated alkanes) is 4. The van der Waals surface area contributed by atoms with Gasteiger partial charge in [0.2, 0.25) is 0 Å². The normalized spacial score (nSPS) is 11.0. The molecule has 0 bridgehead atoms. The Hall–Kier alpha value is -1.24. The highest BCUT2D eigenvalue weighted by Crippen LogP contribution is 2.17. The number of para-hydroxylation sites is 1. The van der Waals surface area contributed by atoms with E-state index >= 15 is 0 Å². The summed E-state index contributed by atoms with van der Waals surface area (Å²) in [6.45, 7) is 2.22. The molecule has 0 atom stereocenters. The Morgan fingerprint density at radius 2 is 1.93 bits per heavy atom. The van der Waals surface area contributed by atoms with Crippen molar-refractivity contribution in [1.29, 1.82) is 0 Å². The average molecular weight is 204 g/mol. The zero-order chi connectivity index (χ0) is 10.9. The molecule has 0 amide bonds. The van der Waals surface area contributed by atoms with Crippen molar-refractivity contribution < 1.29 is 5.11 Å². The molecule has 1 rings (SSSR count). The van der Waals surface area contributed by atoms with Crippen molar-refractivity contribution in [2.24, 2.45) is 0 Å². The summed E-state index contributed by atoms with van der Waals surface area (Å²) in [7, 11) is 0.